The van der Waals surface area contributed by atoms with E-state index >= 15 is 0 Å². The maximum atomic E-state index is 13.6. The number of halogens is 1. The molecule has 2 aromatic carbocycles. The van der Waals surface area contributed by atoms with Crippen LogP contribution in [0.2, 0.25) is 5.02 Å². The first-order valence-corrected chi connectivity index (χ1v) is 13.0. The zero-order valence-corrected chi connectivity index (χ0v) is 21.1. The molecule has 0 bridgehead atoms. The Bertz CT molecular complexity index is 1230. The van der Waals surface area contributed by atoms with Crippen LogP contribution in [0.3, 0.4) is 0 Å². The quantitative estimate of drug-likeness (QED) is 0.417. The lowest BCUT2D eigenvalue weighted by atomic mass is 10.0. The highest BCUT2D eigenvalue weighted by Gasteiger charge is 2.38. The van der Waals surface area contributed by atoms with Crippen molar-refractivity contribution in [1.82, 2.24) is 9.80 Å². The van der Waals surface area contributed by atoms with Crippen LogP contribution >= 0.6 is 22.9 Å². The Kier molecular flexibility index (Phi) is 6.97. The Morgan fingerprint density at radius 3 is 2.66 bits per heavy atom. The van der Waals surface area contributed by atoms with Gasteiger partial charge in [-0.25, -0.2) is 0 Å². The highest BCUT2D eigenvalue weighted by molar-refractivity contribution is 7.10. The molecule has 5 rings (SSSR count). The number of hydrogen-bond acceptors (Lipinski definition) is 5. The van der Waals surface area contributed by atoms with Crippen LogP contribution in [0.15, 0.2) is 60.0 Å². The molecule has 1 fully saturated rings. The van der Waals surface area contributed by atoms with Crippen LogP contribution in [0.25, 0.3) is 0 Å². The first-order chi connectivity index (χ1) is 17.0. The number of ether oxygens (including phenoxy) is 2. The topological polar surface area (TPSA) is 59.1 Å². The zero-order chi connectivity index (χ0) is 24.4. The zero-order valence-electron chi connectivity index (χ0n) is 19.5. The van der Waals surface area contributed by atoms with Crippen molar-refractivity contribution < 1.29 is 19.1 Å². The second-order valence-electron chi connectivity index (χ2n) is 8.79. The van der Waals surface area contributed by atoms with Crippen molar-refractivity contribution in [3.63, 3.8) is 0 Å². The summed E-state index contributed by atoms with van der Waals surface area (Å²) in [5.41, 5.74) is 1.62. The monoisotopic (exact) mass is 510 g/mol. The van der Waals surface area contributed by atoms with Gasteiger partial charge in [0.25, 0.3) is 5.91 Å². The van der Waals surface area contributed by atoms with Crippen molar-refractivity contribution in [2.45, 2.75) is 31.3 Å². The first kappa shape index (κ1) is 23.7. The van der Waals surface area contributed by atoms with Gasteiger partial charge in [0.1, 0.15) is 13.2 Å². The first-order valence-electron chi connectivity index (χ1n) is 11.7. The molecule has 0 radical (unpaired) electrons. The van der Waals surface area contributed by atoms with Crippen LogP contribution in [0, 0.1) is 0 Å². The van der Waals surface area contributed by atoms with E-state index in [9.17, 15) is 9.59 Å². The van der Waals surface area contributed by atoms with Crippen molar-refractivity contribution in [3.8, 4) is 11.5 Å². The van der Waals surface area contributed by atoms with Crippen molar-refractivity contribution >= 4 is 34.8 Å². The van der Waals surface area contributed by atoms with E-state index in [1.807, 2.05) is 29.2 Å². The molecule has 0 spiro atoms. The minimum atomic E-state index is -0.232. The molecule has 1 atom stereocenters. The average molecular weight is 511 g/mol. The smallest absolute Gasteiger partial charge is 0.254 e. The summed E-state index contributed by atoms with van der Waals surface area (Å²) in [4.78, 5) is 31.8. The van der Waals surface area contributed by atoms with Gasteiger partial charge in [-0.2, -0.15) is 0 Å². The molecule has 2 amide bonds. The second kappa shape index (κ2) is 10.3. The molecule has 1 aromatic heterocycles. The van der Waals surface area contributed by atoms with Crippen LogP contribution in [0.4, 0.5) is 0 Å². The van der Waals surface area contributed by atoms with E-state index in [4.69, 9.17) is 21.1 Å². The molecule has 1 saturated carbocycles. The van der Waals surface area contributed by atoms with Crippen molar-refractivity contribution in [1.29, 1.82) is 0 Å². The molecule has 0 saturated heterocycles. The minimum Gasteiger partial charge on any atom is -0.493 e. The average Bonchev–Trinajstić information content (AvgIpc) is 3.61. The molecule has 1 aliphatic heterocycles. The summed E-state index contributed by atoms with van der Waals surface area (Å²) >= 11 is 7.82. The van der Waals surface area contributed by atoms with Gasteiger partial charge >= 0.3 is 0 Å². The lowest BCUT2D eigenvalue weighted by Crippen LogP contribution is -2.48. The van der Waals surface area contributed by atoms with Gasteiger partial charge in [0.05, 0.1) is 13.2 Å². The van der Waals surface area contributed by atoms with Gasteiger partial charge in [-0.15, -0.1) is 11.3 Å². The van der Waals surface area contributed by atoms with E-state index in [0.29, 0.717) is 35.2 Å². The van der Waals surface area contributed by atoms with Gasteiger partial charge in [0.15, 0.2) is 11.5 Å². The predicted octanol–water partition coefficient (Wildman–Crippen LogP) is 5.22. The molecule has 35 heavy (non-hydrogen) atoms. The number of hydrogen-bond donors (Lipinski definition) is 0. The standard InChI is InChI=1S/C27H27ClN2O4S/c1-33-23-7-2-3-8-24(23)34-17-22-21-12-14-35-25(21)11-13-29(22)26(31)16-30(20-9-10-20)27(32)18-5-4-6-19(28)15-18/h2-8,12,14-15,20,22H,9-11,13,16-17H2,1H3/t22-/m0/s1. The molecule has 6 nitrogen and oxygen atoms in total. The summed E-state index contributed by atoms with van der Waals surface area (Å²) in [6.07, 6.45) is 2.62. The summed E-state index contributed by atoms with van der Waals surface area (Å²) < 4.78 is 11.6. The number of fused-ring (bicyclic) bond motifs is 1. The predicted molar refractivity (Wildman–Crippen MR) is 136 cm³/mol. The van der Waals surface area contributed by atoms with Crippen molar-refractivity contribution in [3.05, 3.63) is 81.0 Å². The molecule has 2 heterocycles. The molecule has 3 aromatic rings. The highest BCUT2D eigenvalue weighted by atomic mass is 35.5. The van der Waals surface area contributed by atoms with Crippen LogP contribution in [-0.4, -0.2) is 54.5 Å². The minimum absolute atomic E-state index is 0.0423. The van der Waals surface area contributed by atoms with Crippen LogP contribution in [-0.2, 0) is 11.2 Å². The van der Waals surface area contributed by atoms with E-state index in [0.717, 1.165) is 24.8 Å². The Morgan fingerprint density at radius 2 is 1.91 bits per heavy atom. The summed E-state index contributed by atoms with van der Waals surface area (Å²) in [5.74, 6) is 1.07. The SMILES string of the molecule is COc1ccccc1OC[C@H]1c2ccsc2CCN1C(=O)CN(C(=O)c1cccc(Cl)c1)C1CC1. The van der Waals surface area contributed by atoms with Crippen LogP contribution < -0.4 is 9.47 Å². The van der Waals surface area contributed by atoms with Crippen molar-refractivity contribution in [2.75, 3.05) is 26.8 Å². The molecular formula is C27H27ClN2O4S. The van der Waals surface area contributed by atoms with Gasteiger partial charge in [0.2, 0.25) is 5.91 Å². The molecule has 0 N–H and O–H groups in total. The fraction of sp³-hybridized carbons (Fsp3) is 0.333. The molecule has 1 aliphatic carbocycles. The number of amides is 2. The third-order valence-corrected chi connectivity index (χ3v) is 7.74. The Morgan fingerprint density at radius 1 is 1.11 bits per heavy atom. The normalized spacial score (nSPS) is 17.0. The van der Waals surface area contributed by atoms with Gasteiger partial charge in [0, 0.05) is 28.0 Å². The third-order valence-electron chi connectivity index (χ3n) is 6.51. The number of carbonyl (C=O) groups excluding carboxylic acids is 2. The summed E-state index contributed by atoms with van der Waals surface area (Å²) in [6.45, 7) is 0.943. The molecule has 2 aliphatic rings. The van der Waals surface area contributed by atoms with Crippen molar-refractivity contribution in [2.24, 2.45) is 0 Å². The summed E-state index contributed by atoms with van der Waals surface area (Å²) in [5, 5.41) is 2.57. The van der Waals surface area contributed by atoms with Gasteiger partial charge in [-0.05, 0) is 66.6 Å². The second-order valence-corrected chi connectivity index (χ2v) is 10.2. The number of nitrogens with zero attached hydrogens (tertiary/aromatic N) is 2. The molecular weight excluding hydrogens is 484 g/mol. The Balaban J connectivity index is 1.35. The lowest BCUT2D eigenvalue weighted by Gasteiger charge is -2.37. The maximum absolute atomic E-state index is 13.6. The Labute approximate surface area is 214 Å². The Hall–Kier alpha value is -3.03. The number of rotatable bonds is 8. The van der Waals surface area contributed by atoms with Gasteiger partial charge in [-0.1, -0.05) is 29.8 Å². The molecule has 0 unspecified atom stereocenters. The summed E-state index contributed by atoms with van der Waals surface area (Å²) in [7, 11) is 1.61. The van der Waals surface area contributed by atoms with Gasteiger partial charge < -0.3 is 19.3 Å². The van der Waals surface area contributed by atoms with Crippen LogP contribution in [0.1, 0.15) is 39.7 Å². The van der Waals surface area contributed by atoms with E-state index in [-0.39, 0.29) is 30.4 Å². The largest absolute Gasteiger partial charge is 0.493 e. The lowest BCUT2D eigenvalue weighted by molar-refractivity contribution is -0.135. The number of carbonyl (C=O) groups is 2. The number of thiophene rings is 1. The van der Waals surface area contributed by atoms with E-state index in [1.54, 1.807) is 47.6 Å². The fourth-order valence-corrected chi connectivity index (χ4v) is 5.68. The van der Waals surface area contributed by atoms with Gasteiger partial charge in [-0.3, -0.25) is 9.59 Å². The van der Waals surface area contributed by atoms with E-state index < -0.39 is 0 Å². The summed E-state index contributed by atoms with van der Waals surface area (Å²) in [6, 6.07) is 16.3. The maximum Gasteiger partial charge on any atom is 0.254 e. The number of methoxy groups -OCH3 is 1. The third kappa shape index (κ3) is 5.16. The van der Waals surface area contributed by atoms with E-state index in [1.165, 1.54) is 4.88 Å². The molecule has 8 heteroatoms. The number of benzene rings is 2. The number of para-hydroxylation sites is 2. The molecule has 182 valence electrons. The van der Waals surface area contributed by atoms with Crippen LogP contribution in [0.5, 0.6) is 11.5 Å². The highest BCUT2D eigenvalue weighted by Crippen LogP contribution is 2.36. The fourth-order valence-electron chi connectivity index (χ4n) is 4.56. The van der Waals surface area contributed by atoms with E-state index in [2.05, 4.69) is 11.4 Å².